The van der Waals surface area contributed by atoms with Gasteiger partial charge in [-0.1, -0.05) is 42.5 Å². The molecule has 1 aromatic carbocycles. The molecule has 100 valence electrons. The Labute approximate surface area is 119 Å². The van der Waals surface area contributed by atoms with Crippen LogP contribution in [0.4, 0.5) is 0 Å². The largest absolute Gasteiger partial charge is 0.370 e. The minimum absolute atomic E-state index is 0.276. The standard InChI is InChI=1S/C15H18ClN3/c1-2-14(11-7-9-12(16)10-8-11)19-15(17)18-13-5-3-4-6-13/h1,7-10,13-14H,3-6H2,(H3,17,18,19). The van der Waals surface area contributed by atoms with Crippen molar-refractivity contribution in [3.8, 4) is 12.3 Å². The molecule has 1 saturated carbocycles. The van der Waals surface area contributed by atoms with E-state index >= 15 is 0 Å². The van der Waals surface area contributed by atoms with Gasteiger partial charge < -0.3 is 11.1 Å². The molecular formula is C15H18ClN3. The second-order valence-electron chi connectivity index (χ2n) is 4.75. The number of benzene rings is 1. The Kier molecular flexibility index (Phi) is 4.70. The number of aliphatic imine (C=N–C) groups is 1. The summed E-state index contributed by atoms with van der Waals surface area (Å²) in [5.41, 5.74) is 6.87. The van der Waals surface area contributed by atoms with E-state index in [2.05, 4.69) is 16.2 Å². The van der Waals surface area contributed by atoms with E-state index in [0.717, 1.165) is 18.4 Å². The Bertz CT molecular complexity index is 481. The van der Waals surface area contributed by atoms with Crippen molar-refractivity contribution in [2.45, 2.75) is 37.8 Å². The number of nitrogens with one attached hydrogen (secondary N) is 1. The zero-order chi connectivity index (χ0) is 13.7. The number of hydrogen-bond acceptors (Lipinski definition) is 1. The van der Waals surface area contributed by atoms with Crippen LogP contribution >= 0.6 is 11.6 Å². The van der Waals surface area contributed by atoms with Crippen LogP contribution in [0.1, 0.15) is 37.3 Å². The van der Waals surface area contributed by atoms with Crippen molar-refractivity contribution >= 4 is 17.6 Å². The van der Waals surface area contributed by atoms with Gasteiger partial charge in [-0.2, -0.15) is 0 Å². The number of hydrogen-bond donors (Lipinski definition) is 2. The monoisotopic (exact) mass is 275 g/mol. The summed E-state index contributed by atoms with van der Waals surface area (Å²) in [6, 6.07) is 7.48. The zero-order valence-corrected chi connectivity index (χ0v) is 11.5. The average Bonchev–Trinajstić information content (AvgIpc) is 2.90. The molecule has 3 nitrogen and oxygen atoms in total. The number of nitrogens with two attached hydrogens (primary N) is 1. The van der Waals surface area contributed by atoms with Crippen molar-refractivity contribution < 1.29 is 0 Å². The topological polar surface area (TPSA) is 50.4 Å². The highest BCUT2D eigenvalue weighted by atomic mass is 35.5. The molecule has 0 spiro atoms. The lowest BCUT2D eigenvalue weighted by Gasteiger charge is -2.15. The van der Waals surface area contributed by atoms with Gasteiger partial charge in [0.05, 0.1) is 6.04 Å². The molecule has 1 fully saturated rings. The highest BCUT2D eigenvalue weighted by molar-refractivity contribution is 6.30. The van der Waals surface area contributed by atoms with Crippen molar-refractivity contribution in [3.05, 3.63) is 34.9 Å². The third-order valence-corrected chi connectivity index (χ3v) is 3.56. The van der Waals surface area contributed by atoms with Gasteiger partial charge in [0, 0.05) is 5.02 Å². The molecule has 1 atom stereocenters. The summed E-state index contributed by atoms with van der Waals surface area (Å²) in [5.74, 6) is 3.10. The van der Waals surface area contributed by atoms with Gasteiger partial charge in [0.25, 0.3) is 0 Å². The van der Waals surface area contributed by atoms with Gasteiger partial charge in [-0.25, -0.2) is 0 Å². The normalized spacial score (nSPS) is 18.0. The van der Waals surface area contributed by atoms with Crippen molar-refractivity contribution in [1.82, 2.24) is 5.32 Å². The zero-order valence-electron chi connectivity index (χ0n) is 10.8. The Morgan fingerprint density at radius 3 is 2.58 bits per heavy atom. The molecule has 0 radical (unpaired) electrons. The van der Waals surface area contributed by atoms with Crippen molar-refractivity contribution in [1.29, 1.82) is 0 Å². The SMILES string of the molecule is C#CC(NC(N)=NC1CCCC1)c1ccc(Cl)cc1. The van der Waals surface area contributed by atoms with Crippen LogP contribution in [-0.2, 0) is 0 Å². The summed E-state index contributed by atoms with van der Waals surface area (Å²) >= 11 is 5.86. The van der Waals surface area contributed by atoms with Crippen molar-refractivity contribution in [2.75, 3.05) is 0 Å². The van der Waals surface area contributed by atoms with E-state index in [0.29, 0.717) is 17.0 Å². The first-order valence-electron chi connectivity index (χ1n) is 6.50. The smallest absolute Gasteiger partial charge is 0.190 e. The second-order valence-corrected chi connectivity index (χ2v) is 5.18. The minimum atomic E-state index is -0.276. The maximum Gasteiger partial charge on any atom is 0.190 e. The van der Waals surface area contributed by atoms with E-state index in [1.54, 1.807) is 0 Å². The summed E-state index contributed by atoms with van der Waals surface area (Å²) in [4.78, 5) is 4.47. The predicted molar refractivity (Wildman–Crippen MR) is 80.0 cm³/mol. The molecule has 4 heteroatoms. The Hall–Kier alpha value is -1.66. The lowest BCUT2D eigenvalue weighted by atomic mass is 10.1. The highest BCUT2D eigenvalue weighted by Gasteiger charge is 2.15. The van der Waals surface area contributed by atoms with Crippen LogP contribution < -0.4 is 11.1 Å². The number of terminal acetylenes is 1. The molecule has 1 aromatic rings. The summed E-state index contributed by atoms with van der Waals surface area (Å²) in [6.45, 7) is 0. The summed E-state index contributed by atoms with van der Waals surface area (Å²) in [6.07, 6.45) is 10.2. The van der Waals surface area contributed by atoms with Gasteiger partial charge in [-0.15, -0.1) is 6.42 Å². The number of halogens is 1. The van der Waals surface area contributed by atoms with Gasteiger partial charge in [0.2, 0.25) is 0 Å². The molecule has 0 heterocycles. The van der Waals surface area contributed by atoms with E-state index in [-0.39, 0.29) is 6.04 Å². The predicted octanol–water partition coefficient (Wildman–Crippen LogP) is 2.86. The van der Waals surface area contributed by atoms with Gasteiger partial charge in [-0.3, -0.25) is 4.99 Å². The second kappa shape index (κ2) is 6.49. The maximum atomic E-state index is 5.91. The fraction of sp³-hybridized carbons (Fsp3) is 0.400. The molecule has 0 amide bonds. The van der Waals surface area contributed by atoms with Gasteiger partial charge in [-0.05, 0) is 30.5 Å². The molecule has 2 rings (SSSR count). The van der Waals surface area contributed by atoms with Crippen LogP contribution in [-0.4, -0.2) is 12.0 Å². The molecule has 3 N–H and O–H groups in total. The Balaban J connectivity index is 2.02. The Morgan fingerprint density at radius 2 is 2.00 bits per heavy atom. The molecule has 1 aliphatic rings. The number of nitrogens with zero attached hydrogens (tertiary/aromatic N) is 1. The van der Waals surface area contributed by atoms with E-state index in [4.69, 9.17) is 23.8 Å². The number of guanidine groups is 1. The lowest BCUT2D eigenvalue weighted by Crippen LogP contribution is -2.35. The summed E-state index contributed by atoms with van der Waals surface area (Å²) in [7, 11) is 0. The van der Waals surface area contributed by atoms with Crippen molar-refractivity contribution in [2.24, 2.45) is 10.7 Å². The van der Waals surface area contributed by atoms with Gasteiger partial charge in [0.15, 0.2) is 5.96 Å². The third-order valence-electron chi connectivity index (χ3n) is 3.31. The third kappa shape index (κ3) is 3.90. The quantitative estimate of drug-likeness (QED) is 0.506. The average molecular weight is 276 g/mol. The highest BCUT2D eigenvalue weighted by Crippen LogP contribution is 2.21. The van der Waals surface area contributed by atoms with Crippen LogP contribution in [0.25, 0.3) is 0 Å². The lowest BCUT2D eigenvalue weighted by molar-refractivity contribution is 0.690. The molecule has 1 aliphatic carbocycles. The first kappa shape index (κ1) is 13.8. The molecular weight excluding hydrogens is 258 g/mol. The Morgan fingerprint density at radius 1 is 1.37 bits per heavy atom. The van der Waals surface area contributed by atoms with E-state index in [1.165, 1.54) is 12.8 Å². The fourth-order valence-electron chi connectivity index (χ4n) is 2.29. The van der Waals surface area contributed by atoms with Crippen molar-refractivity contribution in [3.63, 3.8) is 0 Å². The van der Waals surface area contributed by atoms with Crippen LogP contribution in [0, 0.1) is 12.3 Å². The van der Waals surface area contributed by atoms with Crippen LogP contribution in [0.2, 0.25) is 5.02 Å². The minimum Gasteiger partial charge on any atom is -0.370 e. The van der Waals surface area contributed by atoms with Crippen LogP contribution in [0.3, 0.4) is 0 Å². The first-order valence-corrected chi connectivity index (χ1v) is 6.88. The first-order chi connectivity index (χ1) is 9.19. The molecule has 0 aromatic heterocycles. The molecule has 19 heavy (non-hydrogen) atoms. The number of rotatable bonds is 3. The molecule has 1 unspecified atom stereocenters. The van der Waals surface area contributed by atoms with Gasteiger partial charge >= 0.3 is 0 Å². The van der Waals surface area contributed by atoms with Crippen LogP contribution in [0.15, 0.2) is 29.3 Å². The summed E-state index contributed by atoms with van der Waals surface area (Å²) in [5, 5.41) is 3.77. The molecule has 0 bridgehead atoms. The summed E-state index contributed by atoms with van der Waals surface area (Å²) < 4.78 is 0. The van der Waals surface area contributed by atoms with Gasteiger partial charge in [0.1, 0.15) is 6.04 Å². The molecule has 0 aliphatic heterocycles. The molecule has 0 saturated heterocycles. The fourth-order valence-corrected chi connectivity index (χ4v) is 2.42. The van der Waals surface area contributed by atoms with E-state index in [9.17, 15) is 0 Å². The maximum absolute atomic E-state index is 5.91. The van der Waals surface area contributed by atoms with Crippen LogP contribution in [0.5, 0.6) is 0 Å². The van der Waals surface area contributed by atoms with E-state index in [1.807, 2.05) is 24.3 Å². The van der Waals surface area contributed by atoms with E-state index < -0.39 is 0 Å².